The second-order valence-electron chi connectivity index (χ2n) is 6.31. The number of aromatic hydroxyl groups is 1. The zero-order valence-corrected chi connectivity index (χ0v) is 12.8. The molecule has 1 aromatic carbocycles. The van der Waals surface area contributed by atoms with E-state index in [2.05, 4.69) is 12.2 Å². The van der Waals surface area contributed by atoms with E-state index in [1.807, 2.05) is 12.1 Å². The van der Waals surface area contributed by atoms with Crippen molar-refractivity contribution in [2.24, 2.45) is 0 Å². The van der Waals surface area contributed by atoms with Crippen molar-refractivity contribution in [1.82, 2.24) is 5.32 Å². The maximum atomic E-state index is 9.29. The molecule has 2 N–H and O–H groups in total. The lowest BCUT2D eigenvalue weighted by molar-refractivity contribution is 0.351. The molecule has 0 bridgehead atoms. The number of phenols is 1. The van der Waals surface area contributed by atoms with Gasteiger partial charge in [-0.2, -0.15) is 0 Å². The molecule has 0 radical (unpaired) electrons. The highest BCUT2D eigenvalue weighted by atomic mass is 16.3. The summed E-state index contributed by atoms with van der Waals surface area (Å²) < 4.78 is 0. The van der Waals surface area contributed by atoms with Gasteiger partial charge >= 0.3 is 0 Å². The zero-order valence-electron chi connectivity index (χ0n) is 12.8. The summed E-state index contributed by atoms with van der Waals surface area (Å²) in [5.74, 6) is 0.356. The Morgan fingerprint density at radius 3 is 2.30 bits per heavy atom. The maximum Gasteiger partial charge on any atom is 0.115 e. The minimum absolute atomic E-state index is 0.356. The van der Waals surface area contributed by atoms with Gasteiger partial charge in [0.15, 0.2) is 0 Å². The fraction of sp³-hybridized carbons (Fsp3) is 0.667. The van der Waals surface area contributed by atoms with E-state index in [1.165, 1.54) is 56.9 Å². The monoisotopic (exact) mass is 275 g/mol. The van der Waals surface area contributed by atoms with Crippen molar-refractivity contribution in [3.8, 4) is 5.75 Å². The third-order valence-electron chi connectivity index (χ3n) is 4.43. The molecule has 0 aliphatic heterocycles. The molecule has 0 heterocycles. The molecule has 1 aromatic rings. The number of nitrogens with one attached hydrogen (secondary N) is 1. The van der Waals surface area contributed by atoms with Gasteiger partial charge in [-0.1, -0.05) is 44.2 Å². The molecule has 2 nitrogen and oxygen atoms in total. The van der Waals surface area contributed by atoms with E-state index < -0.39 is 0 Å². The Labute approximate surface area is 123 Å². The maximum absolute atomic E-state index is 9.29. The molecule has 1 atom stereocenters. The minimum atomic E-state index is 0.356. The molecular weight excluding hydrogens is 246 g/mol. The minimum Gasteiger partial charge on any atom is -0.508 e. The number of phenolic OH excluding ortho intramolecular Hbond substituents is 1. The van der Waals surface area contributed by atoms with Crippen molar-refractivity contribution < 1.29 is 5.11 Å². The fourth-order valence-corrected chi connectivity index (χ4v) is 3.15. The van der Waals surface area contributed by atoms with E-state index in [0.717, 1.165) is 12.5 Å². The normalized spacial score (nSPS) is 19.2. The fourth-order valence-electron chi connectivity index (χ4n) is 3.15. The van der Waals surface area contributed by atoms with Crippen LogP contribution in [-0.2, 0) is 6.42 Å². The SMILES string of the molecule is C[C@H](CCc1ccc(O)cc1)NC1CCCCCCC1. The van der Waals surface area contributed by atoms with Crippen LogP contribution < -0.4 is 5.32 Å². The molecule has 1 aliphatic carbocycles. The van der Waals surface area contributed by atoms with Gasteiger partial charge in [0.05, 0.1) is 0 Å². The highest BCUT2D eigenvalue weighted by Gasteiger charge is 2.13. The van der Waals surface area contributed by atoms with Crippen LogP contribution in [0.2, 0.25) is 0 Å². The van der Waals surface area contributed by atoms with Crippen molar-refractivity contribution in [2.75, 3.05) is 0 Å². The van der Waals surface area contributed by atoms with Gasteiger partial charge in [-0.05, 0) is 50.3 Å². The van der Waals surface area contributed by atoms with Crippen LogP contribution in [-0.4, -0.2) is 17.2 Å². The molecule has 20 heavy (non-hydrogen) atoms. The summed E-state index contributed by atoms with van der Waals surface area (Å²) in [5, 5.41) is 13.1. The Hall–Kier alpha value is -1.02. The van der Waals surface area contributed by atoms with Crippen molar-refractivity contribution in [3.05, 3.63) is 29.8 Å². The number of hydrogen-bond donors (Lipinski definition) is 2. The van der Waals surface area contributed by atoms with Gasteiger partial charge in [0, 0.05) is 12.1 Å². The summed E-state index contributed by atoms with van der Waals surface area (Å²) >= 11 is 0. The molecule has 0 amide bonds. The Morgan fingerprint density at radius 2 is 1.65 bits per heavy atom. The Kier molecular flexibility index (Phi) is 6.38. The second-order valence-corrected chi connectivity index (χ2v) is 6.31. The number of benzene rings is 1. The molecule has 112 valence electrons. The van der Waals surface area contributed by atoms with Gasteiger partial charge < -0.3 is 10.4 Å². The van der Waals surface area contributed by atoms with Gasteiger partial charge in [0.1, 0.15) is 5.75 Å². The average molecular weight is 275 g/mol. The first-order chi connectivity index (χ1) is 9.74. The van der Waals surface area contributed by atoms with Crippen molar-refractivity contribution in [1.29, 1.82) is 0 Å². The first-order valence-corrected chi connectivity index (χ1v) is 8.28. The van der Waals surface area contributed by atoms with E-state index in [9.17, 15) is 5.11 Å². The van der Waals surface area contributed by atoms with Crippen LogP contribution in [0.25, 0.3) is 0 Å². The van der Waals surface area contributed by atoms with Gasteiger partial charge in [-0.3, -0.25) is 0 Å². The van der Waals surface area contributed by atoms with Gasteiger partial charge in [0.25, 0.3) is 0 Å². The summed E-state index contributed by atoms with van der Waals surface area (Å²) in [6.45, 7) is 2.30. The van der Waals surface area contributed by atoms with Gasteiger partial charge in [-0.25, -0.2) is 0 Å². The van der Waals surface area contributed by atoms with E-state index in [-0.39, 0.29) is 0 Å². The predicted octanol–water partition coefficient (Wildman–Crippen LogP) is 4.42. The molecule has 1 fully saturated rings. The molecule has 1 aliphatic rings. The van der Waals surface area contributed by atoms with Gasteiger partial charge in [0.2, 0.25) is 0 Å². The molecule has 0 unspecified atom stereocenters. The van der Waals surface area contributed by atoms with Gasteiger partial charge in [-0.15, -0.1) is 0 Å². The number of rotatable bonds is 5. The largest absolute Gasteiger partial charge is 0.508 e. The quantitative estimate of drug-likeness (QED) is 0.834. The van der Waals surface area contributed by atoms with E-state index in [0.29, 0.717) is 11.8 Å². The predicted molar refractivity (Wildman–Crippen MR) is 85.1 cm³/mol. The average Bonchev–Trinajstić information content (AvgIpc) is 2.41. The lowest BCUT2D eigenvalue weighted by atomic mass is 9.95. The second kappa shape index (κ2) is 8.31. The molecule has 2 rings (SSSR count). The van der Waals surface area contributed by atoms with Crippen LogP contribution in [0.15, 0.2) is 24.3 Å². The van der Waals surface area contributed by atoms with Crippen LogP contribution in [0.5, 0.6) is 5.75 Å². The first-order valence-electron chi connectivity index (χ1n) is 8.28. The smallest absolute Gasteiger partial charge is 0.115 e. The molecule has 1 saturated carbocycles. The molecule has 0 aromatic heterocycles. The lowest BCUT2D eigenvalue weighted by Gasteiger charge is -2.25. The topological polar surface area (TPSA) is 32.3 Å². The summed E-state index contributed by atoms with van der Waals surface area (Å²) in [6, 6.07) is 8.92. The van der Waals surface area contributed by atoms with Crippen molar-refractivity contribution in [2.45, 2.75) is 76.8 Å². The van der Waals surface area contributed by atoms with Crippen LogP contribution in [0.1, 0.15) is 63.9 Å². The van der Waals surface area contributed by atoms with Crippen LogP contribution >= 0.6 is 0 Å². The zero-order chi connectivity index (χ0) is 14.2. The Bertz CT molecular complexity index is 366. The van der Waals surface area contributed by atoms with E-state index in [4.69, 9.17) is 0 Å². The summed E-state index contributed by atoms with van der Waals surface area (Å²) in [7, 11) is 0. The lowest BCUT2D eigenvalue weighted by Crippen LogP contribution is -2.37. The summed E-state index contributed by atoms with van der Waals surface area (Å²) in [6.07, 6.45) is 12.0. The summed E-state index contributed by atoms with van der Waals surface area (Å²) in [4.78, 5) is 0. The molecular formula is C18H29NO. The van der Waals surface area contributed by atoms with Crippen molar-refractivity contribution >= 4 is 0 Å². The highest BCUT2D eigenvalue weighted by molar-refractivity contribution is 5.25. The molecule has 2 heteroatoms. The summed E-state index contributed by atoms with van der Waals surface area (Å²) in [5.41, 5.74) is 1.31. The number of aryl methyl sites for hydroxylation is 1. The van der Waals surface area contributed by atoms with E-state index in [1.54, 1.807) is 12.1 Å². The third-order valence-corrected chi connectivity index (χ3v) is 4.43. The van der Waals surface area contributed by atoms with Crippen LogP contribution in [0.4, 0.5) is 0 Å². The molecule has 0 saturated heterocycles. The van der Waals surface area contributed by atoms with Crippen LogP contribution in [0.3, 0.4) is 0 Å². The molecule has 0 spiro atoms. The Balaban J connectivity index is 1.71. The standard InChI is InChI=1S/C18H29NO/c1-15(9-10-16-11-13-18(20)14-12-16)19-17-7-5-3-2-4-6-8-17/h11-15,17,19-20H,2-10H2,1H3/t15-/m1/s1. The van der Waals surface area contributed by atoms with E-state index >= 15 is 0 Å². The van der Waals surface area contributed by atoms with Crippen LogP contribution in [0, 0.1) is 0 Å². The number of hydrogen-bond acceptors (Lipinski definition) is 2. The third kappa shape index (κ3) is 5.54. The first kappa shape index (κ1) is 15.4. The Morgan fingerprint density at radius 1 is 1.05 bits per heavy atom. The van der Waals surface area contributed by atoms with Crippen molar-refractivity contribution in [3.63, 3.8) is 0 Å². The highest BCUT2D eigenvalue weighted by Crippen LogP contribution is 2.18.